The van der Waals surface area contributed by atoms with E-state index < -0.39 is 0 Å². The van der Waals surface area contributed by atoms with Gasteiger partial charge in [0.2, 0.25) is 5.91 Å². The van der Waals surface area contributed by atoms with Crippen LogP contribution in [0, 0.1) is 0 Å². The number of hydrogen-bond acceptors (Lipinski definition) is 4. The van der Waals surface area contributed by atoms with Gasteiger partial charge in [-0.15, -0.1) is 0 Å². The first-order valence-electron chi connectivity index (χ1n) is 7.60. The van der Waals surface area contributed by atoms with Gasteiger partial charge in [0, 0.05) is 18.1 Å². The number of carbonyl (C=O) groups excluding carboxylic acids is 2. The highest BCUT2D eigenvalue weighted by Crippen LogP contribution is 2.34. The van der Waals surface area contributed by atoms with Gasteiger partial charge in [0.15, 0.2) is 6.61 Å². The van der Waals surface area contributed by atoms with Crippen molar-refractivity contribution in [3.8, 4) is 5.75 Å². The van der Waals surface area contributed by atoms with E-state index in [0.29, 0.717) is 29.5 Å². The van der Waals surface area contributed by atoms with Crippen LogP contribution in [0.15, 0.2) is 18.2 Å². The third kappa shape index (κ3) is 3.43. The molecule has 0 saturated carbocycles. The first-order valence-corrected chi connectivity index (χ1v) is 7.98. The van der Waals surface area contributed by atoms with Crippen molar-refractivity contribution >= 4 is 29.1 Å². The van der Waals surface area contributed by atoms with Crippen LogP contribution in [0.4, 0.5) is 5.69 Å². The Morgan fingerprint density at radius 3 is 2.70 bits per heavy atom. The number of morpholine rings is 1. The summed E-state index contributed by atoms with van der Waals surface area (Å²) >= 11 is 6.01. The van der Waals surface area contributed by atoms with Crippen LogP contribution in [0.2, 0.25) is 5.02 Å². The number of carbonyl (C=O) groups is 2. The molecule has 1 aromatic carbocycles. The summed E-state index contributed by atoms with van der Waals surface area (Å²) in [7, 11) is 0. The third-order valence-electron chi connectivity index (χ3n) is 3.93. The summed E-state index contributed by atoms with van der Waals surface area (Å²) in [4.78, 5) is 28.0. The number of benzene rings is 1. The van der Waals surface area contributed by atoms with E-state index in [1.807, 2.05) is 13.8 Å². The van der Waals surface area contributed by atoms with E-state index in [1.54, 1.807) is 23.1 Å². The lowest BCUT2D eigenvalue weighted by molar-refractivity contribution is -0.142. The van der Waals surface area contributed by atoms with Gasteiger partial charge in [-0.1, -0.05) is 11.6 Å². The van der Waals surface area contributed by atoms with Crippen LogP contribution in [-0.4, -0.2) is 55.2 Å². The fourth-order valence-electron chi connectivity index (χ4n) is 2.97. The van der Waals surface area contributed by atoms with E-state index in [1.165, 1.54) is 4.90 Å². The average Bonchev–Trinajstić information content (AvgIpc) is 2.49. The molecule has 1 aromatic rings. The quantitative estimate of drug-likeness (QED) is 0.823. The molecular formula is C16H19ClN2O4. The minimum Gasteiger partial charge on any atom is -0.482 e. The summed E-state index contributed by atoms with van der Waals surface area (Å²) in [5, 5.41) is 0.494. The van der Waals surface area contributed by atoms with Gasteiger partial charge in [-0.3, -0.25) is 14.5 Å². The Morgan fingerprint density at radius 2 is 2.00 bits per heavy atom. The van der Waals surface area contributed by atoms with Gasteiger partial charge >= 0.3 is 0 Å². The topological polar surface area (TPSA) is 59.1 Å². The van der Waals surface area contributed by atoms with Gasteiger partial charge in [0.05, 0.1) is 17.9 Å². The maximum absolute atomic E-state index is 12.6. The number of ether oxygens (including phenoxy) is 2. The molecule has 7 heteroatoms. The minimum absolute atomic E-state index is 0.00942. The molecule has 0 aliphatic carbocycles. The molecule has 3 rings (SSSR count). The molecule has 6 nitrogen and oxygen atoms in total. The normalized spacial score (nSPS) is 24.2. The predicted molar refractivity (Wildman–Crippen MR) is 85.9 cm³/mol. The maximum atomic E-state index is 12.6. The van der Waals surface area contributed by atoms with Crippen LogP contribution >= 0.6 is 11.6 Å². The van der Waals surface area contributed by atoms with E-state index in [2.05, 4.69) is 0 Å². The first kappa shape index (κ1) is 16.1. The largest absolute Gasteiger partial charge is 0.482 e. The molecule has 2 heterocycles. The lowest BCUT2D eigenvalue weighted by Gasteiger charge is -2.37. The standard InChI is InChI=1S/C16H19ClN2O4/c1-10-6-18(7-11(2)23-10)15(20)8-19-13-5-12(17)3-4-14(13)22-9-16(19)21/h3-5,10-11H,6-9H2,1-2H3/t10-,11-/m1/s1. The van der Waals surface area contributed by atoms with E-state index in [0.717, 1.165) is 0 Å². The number of hydrogen-bond donors (Lipinski definition) is 0. The molecule has 0 radical (unpaired) electrons. The van der Waals surface area contributed by atoms with Crippen LogP contribution < -0.4 is 9.64 Å². The Morgan fingerprint density at radius 1 is 1.30 bits per heavy atom. The zero-order chi connectivity index (χ0) is 16.6. The van der Waals surface area contributed by atoms with Crippen molar-refractivity contribution in [2.45, 2.75) is 26.1 Å². The summed E-state index contributed by atoms with van der Waals surface area (Å²) < 4.78 is 11.0. The highest BCUT2D eigenvalue weighted by molar-refractivity contribution is 6.31. The zero-order valence-electron chi connectivity index (χ0n) is 13.1. The fraction of sp³-hybridized carbons (Fsp3) is 0.500. The lowest BCUT2D eigenvalue weighted by Crippen LogP contribution is -2.52. The number of halogens is 1. The smallest absolute Gasteiger partial charge is 0.265 e. The van der Waals surface area contributed by atoms with Crippen LogP contribution in [0.1, 0.15) is 13.8 Å². The Labute approximate surface area is 139 Å². The molecule has 0 aromatic heterocycles. The van der Waals surface area contributed by atoms with Crippen LogP contribution in [0.5, 0.6) is 5.75 Å². The number of nitrogens with zero attached hydrogens (tertiary/aromatic N) is 2. The summed E-state index contributed by atoms with van der Waals surface area (Å²) in [6, 6.07) is 5.05. The molecule has 1 saturated heterocycles. The molecule has 2 atom stereocenters. The average molecular weight is 339 g/mol. The van der Waals surface area contributed by atoms with Gasteiger partial charge in [-0.25, -0.2) is 0 Å². The Bertz CT molecular complexity index is 627. The molecule has 1 fully saturated rings. The summed E-state index contributed by atoms with van der Waals surface area (Å²) in [6.45, 7) is 4.84. The SMILES string of the molecule is C[C@@H]1CN(C(=O)CN2C(=O)COc3ccc(Cl)cc32)C[C@@H](C)O1. The first-order chi connectivity index (χ1) is 10.9. The molecule has 0 unspecified atom stereocenters. The van der Waals surface area contributed by atoms with Crippen LogP contribution in [-0.2, 0) is 14.3 Å². The monoisotopic (exact) mass is 338 g/mol. The van der Waals surface area contributed by atoms with Crippen molar-refractivity contribution in [3.05, 3.63) is 23.2 Å². The Kier molecular flexibility index (Phi) is 4.46. The van der Waals surface area contributed by atoms with Crippen molar-refractivity contribution in [2.75, 3.05) is 31.1 Å². The molecule has 124 valence electrons. The molecule has 0 bridgehead atoms. The lowest BCUT2D eigenvalue weighted by atomic mass is 10.2. The molecule has 2 amide bonds. The molecule has 2 aliphatic heterocycles. The van der Waals surface area contributed by atoms with E-state index in [4.69, 9.17) is 21.1 Å². The second-order valence-electron chi connectivity index (χ2n) is 5.94. The Hall–Kier alpha value is -1.79. The van der Waals surface area contributed by atoms with Crippen LogP contribution in [0.3, 0.4) is 0 Å². The van der Waals surface area contributed by atoms with Crippen LogP contribution in [0.25, 0.3) is 0 Å². The van der Waals surface area contributed by atoms with Crippen molar-refractivity contribution in [3.63, 3.8) is 0 Å². The van der Waals surface area contributed by atoms with E-state index >= 15 is 0 Å². The highest BCUT2D eigenvalue weighted by atomic mass is 35.5. The fourth-order valence-corrected chi connectivity index (χ4v) is 3.13. The maximum Gasteiger partial charge on any atom is 0.265 e. The Balaban J connectivity index is 1.78. The van der Waals surface area contributed by atoms with Gasteiger partial charge in [-0.2, -0.15) is 0 Å². The van der Waals surface area contributed by atoms with Gasteiger partial charge in [0.25, 0.3) is 5.91 Å². The third-order valence-corrected chi connectivity index (χ3v) is 4.16. The zero-order valence-corrected chi connectivity index (χ0v) is 13.9. The van der Waals surface area contributed by atoms with E-state index in [-0.39, 0.29) is 37.2 Å². The van der Waals surface area contributed by atoms with Crippen molar-refractivity contribution < 1.29 is 19.1 Å². The van der Waals surface area contributed by atoms with E-state index in [9.17, 15) is 9.59 Å². The number of fused-ring (bicyclic) bond motifs is 1. The second-order valence-corrected chi connectivity index (χ2v) is 6.37. The van der Waals surface area contributed by atoms with Gasteiger partial charge < -0.3 is 14.4 Å². The van der Waals surface area contributed by atoms with Crippen molar-refractivity contribution in [1.29, 1.82) is 0 Å². The van der Waals surface area contributed by atoms with Crippen molar-refractivity contribution in [1.82, 2.24) is 4.90 Å². The second kappa shape index (κ2) is 6.37. The van der Waals surface area contributed by atoms with Gasteiger partial charge in [-0.05, 0) is 32.0 Å². The van der Waals surface area contributed by atoms with Crippen molar-refractivity contribution in [2.24, 2.45) is 0 Å². The molecule has 23 heavy (non-hydrogen) atoms. The molecular weight excluding hydrogens is 320 g/mol. The predicted octanol–water partition coefficient (Wildman–Crippen LogP) is 1.70. The molecule has 0 spiro atoms. The molecule has 0 N–H and O–H groups in total. The summed E-state index contributed by atoms with van der Waals surface area (Å²) in [5.41, 5.74) is 0.538. The minimum atomic E-state index is -0.248. The summed E-state index contributed by atoms with van der Waals surface area (Å²) in [6.07, 6.45) is -0.0188. The highest BCUT2D eigenvalue weighted by Gasteiger charge is 2.31. The van der Waals surface area contributed by atoms with Gasteiger partial charge in [0.1, 0.15) is 12.3 Å². The summed E-state index contributed by atoms with van der Waals surface area (Å²) in [5.74, 6) is 0.209. The molecule has 2 aliphatic rings. The number of rotatable bonds is 2. The number of anilines is 1. The number of amides is 2.